The van der Waals surface area contributed by atoms with Crippen molar-refractivity contribution in [2.75, 3.05) is 6.61 Å². The molecule has 0 spiro atoms. The van der Waals surface area contributed by atoms with Crippen LogP contribution in [0.2, 0.25) is 0 Å². The van der Waals surface area contributed by atoms with Gasteiger partial charge in [0.2, 0.25) is 5.91 Å². The maximum atomic E-state index is 12.6. The lowest BCUT2D eigenvalue weighted by Crippen LogP contribution is -2.66. The fraction of sp³-hybridized carbons (Fsp3) is 0.524. The van der Waals surface area contributed by atoms with E-state index in [1.165, 1.54) is 17.6 Å². The van der Waals surface area contributed by atoms with Gasteiger partial charge in [0, 0.05) is 11.8 Å². The number of hydrogen-bond acceptors (Lipinski definition) is 3. The maximum Gasteiger partial charge on any atom is 0.227 e. The quantitative estimate of drug-likeness (QED) is 0.918. The van der Waals surface area contributed by atoms with Gasteiger partial charge in [-0.25, -0.2) is 0 Å². The molecule has 3 aliphatic rings. The number of rotatable bonds is 4. The van der Waals surface area contributed by atoms with E-state index in [9.17, 15) is 15.2 Å². The molecule has 1 aromatic carbocycles. The van der Waals surface area contributed by atoms with Gasteiger partial charge in [0.1, 0.15) is 6.04 Å². The van der Waals surface area contributed by atoms with E-state index in [4.69, 9.17) is 0 Å². The number of likely N-dealkylation sites (tertiary alicyclic amines) is 1. The molecule has 130 valence electrons. The largest absolute Gasteiger partial charge is 0.394 e. The van der Waals surface area contributed by atoms with E-state index in [-0.39, 0.29) is 30.4 Å². The average molecular weight is 336 g/mol. The first-order valence-corrected chi connectivity index (χ1v) is 9.36. The molecule has 4 rings (SSSR count). The first-order valence-electron chi connectivity index (χ1n) is 9.36. The molecular weight excluding hydrogens is 312 g/mol. The summed E-state index contributed by atoms with van der Waals surface area (Å²) < 4.78 is 0. The van der Waals surface area contributed by atoms with Crippen LogP contribution in [0.15, 0.2) is 30.3 Å². The number of carbonyl (C=O) groups is 1. The summed E-state index contributed by atoms with van der Waals surface area (Å²) in [7, 11) is 0. The number of allylic oxidation sites excluding steroid dienone is 2. The van der Waals surface area contributed by atoms with Crippen LogP contribution < -0.4 is 0 Å². The lowest BCUT2D eigenvalue weighted by molar-refractivity contribution is -0.154. The fourth-order valence-corrected chi connectivity index (χ4v) is 4.43. The van der Waals surface area contributed by atoms with Crippen LogP contribution in [-0.2, 0) is 4.79 Å². The van der Waals surface area contributed by atoms with Crippen molar-refractivity contribution in [3.05, 3.63) is 41.5 Å². The van der Waals surface area contributed by atoms with Crippen molar-refractivity contribution in [3.8, 4) is 6.07 Å². The molecule has 4 heteroatoms. The topological polar surface area (TPSA) is 64.3 Å². The van der Waals surface area contributed by atoms with E-state index >= 15 is 0 Å². The second-order valence-corrected chi connectivity index (χ2v) is 7.47. The van der Waals surface area contributed by atoms with Crippen molar-refractivity contribution < 1.29 is 9.90 Å². The summed E-state index contributed by atoms with van der Waals surface area (Å²) in [5.41, 5.74) is 3.69. The Morgan fingerprint density at radius 1 is 1.24 bits per heavy atom. The van der Waals surface area contributed by atoms with E-state index in [1.807, 2.05) is 0 Å². The number of carbonyl (C=O) groups excluding carboxylic acids is 1. The maximum absolute atomic E-state index is 12.6. The Balaban J connectivity index is 1.54. The normalized spacial score (nSPS) is 28.7. The second kappa shape index (κ2) is 6.65. The van der Waals surface area contributed by atoms with Crippen LogP contribution in [0.1, 0.15) is 55.6 Å². The first kappa shape index (κ1) is 16.4. The summed E-state index contributed by atoms with van der Waals surface area (Å²) >= 11 is 0. The molecular formula is C21H24N2O2. The van der Waals surface area contributed by atoms with Crippen LogP contribution in [0.5, 0.6) is 0 Å². The van der Waals surface area contributed by atoms with Gasteiger partial charge in [0.25, 0.3) is 0 Å². The lowest BCUT2D eigenvalue weighted by atomic mass is 9.73. The van der Waals surface area contributed by atoms with Gasteiger partial charge < -0.3 is 10.0 Å². The Morgan fingerprint density at radius 3 is 2.52 bits per heavy atom. The number of aliphatic hydroxyl groups is 1. The average Bonchev–Trinajstić information content (AvgIpc) is 3.08. The number of benzene rings is 1. The van der Waals surface area contributed by atoms with E-state index < -0.39 is 6.04 Å². The van der Waals surface area contributed by atoms with E-state index in [2.05, 4.69) is 36.4 Å². The van der Waals surface area contributed by atoms with Crippen molar-refractivity contribution in [1.29, 1.82) is 5.26 Å². The summed E-state index contributed by atoms with van der Waals surface area (Å²) in [5.74, 6) is 0.0222. The molecule has 0 radical (unpaired) electrons. The highest BCUT2D eigenvalue weighted by atomic mass is 16.3. The van der Waals surface area contributed by atoms with Gasteiger partial charge in [-0.2, -0.15) is 5.26 Å². The van der Waals surface area contributed by atoms with Crippen LogP contribution >= 0.6 is 0 Å². The van der Waals surface area contributed by atoms with Gasteiger partial charge in [0.15, 0.2) is 0 Å². The highest BCUT2D eigenvalue weighted by Gasteiger charge is 2.53. The molecule has 2 aliphatic carbocycles. The Morgan fingerprint density at radius 2 is 2.00 bits per heavy atom. The number of hydrogen-bond donors (Lipinski definition) is 1. The van der Waals surface area contributed by atoms with E-state index in [0.29, 0.717) is 0 Å². The third kappa shape index (κ3) is 2.67. The highest BCUT2D eigenvalue weighted by Crippen LogP contribution is 2.43. The SMILES string of the molecule is N#C[C@@H]1[C@H](c2ccc(C3=CCCC3)cc2)[C@H](CO)N1C(=O)C1CCC1. The summed E-state index contributed by atoms with van der Waals surface area (Å²) in [6.45, 7) is -0.0891. The molecule has 1 heterocycles. The minimum absolute atomic E-state index is 0.0563. The number of amides is 1. The number of aliphatic hydroxyl groups excluding tert-OH is 1. The monoisotopic (exact) mass is 336 g/mol. The van der Waals surface area contributed by atoms with Gasteiger partial charge in [0.05, 0.1) is 18.7 Å². The minimum atomic E-state index is -0.457. The van der Waals surface area contributed by atoms with Gasteiger partial charge in [-0.3, -0.25) is 4.79 Å². The van der Waals surface area contributed by atoms with Crippen molar-refractivity contribution in [2.45, 2.75) is 56.5 Å². The lowest BCUT2D eigenvalue weighted by Gasteiger charge is -2.53. The third-order valence-electron chi connectivity index (χ3n) is 6.15. The molecule has 1 saturated heterocycles. The van der Waals surface area contributed by atoms with Crippen LogP contribution in [0.4, 0.5) is 0 Å². The fourth-order valence-electron chi connectivity index (χ4n) is 4.43. The molecule has 1 amide bonds. The molecule has 1 N–H and O–H groups in total. The summed E-state index contributed by atoms with van der Waals surface area (Å²) in [4.78, 5) is 14.2. The second-order valence-electron chi connectivity index (χ2n) is 7.47. The van der Waals surface area contributed by atoms with Crippen LogP contribution in [0.25, 0.3) is 5.57 Å². The first-order chi connectivity index (χ1) is 12.2. The minimum Gasteiger partial charge on any atom is -0.394 e. The van der Waals surface area contributed by atoms with Crippen molar-refractivity contribution in [2.24, 2.45) is 5.92 Å². The van der Waals surface area contributed by atoms with Crippen molar-refractivity contribution in [3.63, 3.8) is 0 Å². The summed E-state index contributed by atoms with van der Waals surface area (Å²) in [5, 5.41) is 19.5. The smallest absolute Gasteiger partial charge is 0.227 e. The molecule has 3 atom stereocenters. The highest BCUT2D eigenvalue weighted by molar-refractivity contribution is 5.82. The van der Waals surface area contributed by atoms with Gasteiger partial charge in [-0.05, 0) is 48.8 Å². The Hall–Kier alpha value is -2.12. The zero-order chi connectivity index (χ0) is 17.4. The van der Waals surface area contributed by atoms with Crippen LogP contribution in [0.3, 0.4) is 0 Å². The zero-order valence-electron chi connectivity index (χ0n) is 14.4. The molecule has 0 bridgehead atoms. The van der Waals surface area contributed by atoms with Gasteiger partial charge in [-0.15, -0.1) is 0 Å². The molecule has 0 unspecified atom stereocenters. The van der Waals surface area contributed by atoms with Crippen LogP contribution in [-0.4, -0.2) is 34.6 Å². The molecule has 2 fully saturated rings. The summed E-state index contributed by atoms with van der Waals surface area (Å²) in [6, 6.07) is 9.94. The zero-order valence-corrected chi connectivity index (χ0v) is 14.4. The summed E-state index contributed by atoms with van der Waals surface area (Å²) in [6.07, 6.45) is 8.73. The van der Waals surface area contributed by atoms with Crippen molar-refractivity contribution in [1.82, 2.24) is 4.90 Å². The molecule has 0 aromatic heterocycles. The predicted octanol–water partition coefficient (Wildman–Crippen LogP) is 3.23. The third-order valence-corrected chi connectivity index (χ3v) is 6.15. The van der Waals surface area contributed by atoms with Gasteiger partial charge in [-0.1, -0.05) is 36.8 Å². The standard InChI is InChI=1S/C21H24N2O2/c22-12-18-20(19(13-24)23(18)21(25)17-6-3-7-17)16-10-8-15(9-11-16)14-4-1-2-5-14/h4,8-11,17-20,24H,1-3,5-7,13H2/t18-,19+,20+/m1/s1. The molecule has 4 nitrogen and oxygen atoms in total. The van der Waals surface area contributed by atoms with Crippen LogP contribution in [0, 0.1) is 17.2 Å². The van der Waals surface area contributed by atoms with Gasteiger partial charge >= 0.3 is 0 Å². The van der Waals surface area contributed by atoms with E-state index in [0.717, 1.165) is 37.7 Å². The number of nitrogens with zero attached hydrogens (tertiary/aromatic N) is 2. The Kier molecular flexibility index (Phi) is 4.35. The predicted molar refractivity (Wildman–Crippen MR) is 95.5 cm³/mol. The molecule has 25 heavy (non-hydrogen) atoms. The molecule has 1 saturated carbocycles. The Bertz CT molecular complexity index is 727. The Labute approximate surface area is 148 Å². The van der Waals surface area contributed by atoms with Crippen molar-refractivity contribution >= 4 is 11.5 Å². The molecule has 1 aliphatic heterocycles. The number of nitriles is 1. The molecule has 1 aromatic rings. The van der Waals surface area contributed by atoms with E-state index in [1.54, 1.807) is 4.90 Å².